The Kier molecular flexibility index (Phi) is 5.50. The Labute approximate surface area is 119 Å². The fraction of sp³-hybridized carbons (Fsp3) is 0.375. The van der Waals surface area contributed by atoms with Crippen molar-refractivity contribution in [3.8, 4) is 0 Å². The molecule has 1 aromatic rings. The predicted molar refractivity (Wildman–Crippen MR) is 77.3 cm³/mol. The highest BCUT2D eigenvalue weighted by molar-refractivity contribution is 5.95. The molecule has 0 amide bonds. The molecule has 0 aromatic heterocycles. The van der Waals surface area contributed by atoms with E-state index in [1.807, 2.05) is 0 Å². The maximum Gasteiger partial charge on any atom is 0.338 e. The first kappa shape index (κ1) is 16.0. The minimum Gasteiger partial charge on any atom is -0.462 e. The van der Waals surface area contributed by atoms with Crippen molar-refractivity contribution < 1.29 is 19.1 Å². The van der Waals surface area contributed by atoms with Crippen LogP contribution in [0, 0.1) is 0 Å². The van der Waals surface area contributed by atoms with Crippen molar-refractivity contribution in [2.75, 3.05) is 6.61 Å². The Bertz CT molecular complexity index is 509. The van der Waals surface area contributed by atoms with Gasteiger partial charge in [-0.2, -0.15) is 0 Å². The topological polar surface area (TPSA) is 52.6 Å². The molecule has 20 heavy (non-hydrogen) atoms. The lowest BCUT2D eigenvalue weighted by molar-refractivity contribution is -0.148. The van der Waals surface area contributed by atoms with E-state index in [4.69, 9.17) is 9.47 Å². The van der Waals surface area contributed by atoms with Gasteiger partial charge in [-0.15, -0.1) is 0 Å². The summed E-state index contributed by atoms with van der Waals surface area (Å²) in [6.45, 7) is 7.45. The summed E-state index contributed by atoms with van der Waals surface area (Å²) in [5.41, 5.74) is 0.508. The Morgan fingerprint density at radius 3 is 2.45 bits per heavy atom. The second-order valence-electron chi connectivity index (χ2n) is 5.17. The molecule has 108 valence electrons. The number of ether oxygens (including phenoxy) is 2. The standard InChI is InChI=1S/C16H20O4/c1-5-19-15(18)13-9-7-6-8-12(13)10-11-14(17)20-16(2,3)4/h6-11H,5H2,1-4H3/b11-10+. The first-order valence-electron chi connectivity index (χ1n) is 6.50. The molecule has 0 aliphatic heterocycles. The SMILES string of the molecule is CCOC(=O)c1ccccc1/C=C/C(=O)OC(C)(C)C. The first-order valence-corrected chi connectivity index (χ1v) is 6.50. The van der Waals surface area contributed by atoms with Crippen LogP contribution in [0.15, 0.2) is 30.3 Å². The molecule has 0 fully saturated rings. The molecule has 0 bridgehead atoms. The summed E-state index contributed by atoms with van der Waals surface area (Å²) >= 11 is 0. The summed E-state index contributed by atoms with van der Waals surface area (Å²) in [5, 5.41) is 0. The highest BCUT2D eigenvalue weighted by Crippen LogP contribution is 2.13. The van der Waals surface area contributed by atoms with Crippen molar-refractivity contribution in [1.82, 2.24) is 0 Å². The molecular formula is C16H20O4. The van der Waals surface area contributed by atoms with Crippen LogP contribution in [0.2, 0.25) is 0 Å². The van der Waals surface area contributed by atoms with Gasteiger partial charge in [0.1, 0.15) is 5.60 Å². The lowest BCUT2D eigenvalue weighted by Crippen LogP contribution is -2.22. The number of hydrogen-bond donors (Lipinski definition) is 0. The molecule has 0 aliphatic rings. The third-order valence-electron chi connectivity index (χ3n) is 2.26. The number of esters is 2. The zero-order valence-corrected chi connectivity index (χ0v) is 12.3. The fourth-order valence-corrected chi connectivity index (χ4v) is 1.53. The Morgan fingerprint density at radius 1 is 1.20 bits per heavy atom. The van der Waals surface area contributed by atoms with Crippen molar-refractivity contribution in [3.05, 3.63) is 41.5 Å². The number of hydrogen-bond acceptors (Lipinski definition) is 4. The van der Waals surface area contributed by atoms with Gasteiger partial charge in [0, 0.05) is 6.08 Å². The summed E-state index contributed by atoms with van der Waals surface area (Å²) in [6, 6.07) is 6.94. The average molecular weight is 276 g/mol. The maximum atomic E-state index is 11.8. The second kappa shape index (κ2) is 6.89. The number of rotatable bonds is 4. The van der Waals surface area contributed by atoms with E-state index in [-0.39, 0.29) is 0 Å². The van der Waals surface area contributed by atoms with Gasteiger partial charge in [-0.1, -0.05) is 18.2 Å². The Morgan fingerprint density at radius 2 is 1.85 bits per heavy atom. The van der Waals surface area contributed by atoms with Gasteiger partial charge in [0.05, 0.1) is 12.2 Å². The molecule has 0 saturated heterocycles. The van der Waals surface area contributed by atoms with Crippen LogP contribution in [0.4, 0.5) is 0 Å². The van der Waals surface area contributed by atoms with E-state index in [1.54, 1.807) is 58.0 Å². The van der Waals surface area contributed by atoms with Gasteiger partial charge < -0.3 is 9.47 Å². The molecule has 4 nitrogen and oxygen atoms in total. The van der Waals surface area contributed by atoms with Gasteiger partial charge in [-0.3, -0.25) is 0 Å². The van der Waals surface area contributed by atoms with E-state index in [1.165, 1.54) is 6.08 Å². The third kappa shape index (κ3) is 5.26. The van der Waals surface area contributed by atoms with Crippen molar-refractivity contribution in [2.24, 2.45) is 0 Å². The lowest BCUT2D eigenvalue weighted by Gasteiger charge is -2.17. The van der Waals surface area contributed by atoms with E-state index in [0.717, 1.165) is 0 Å². The molecule has 0 spiro atoms. The van der Waals surface area contributed by atoms with Gasteiger partial charge in [0.25, 0.3) is 0 Å². The summed E-state index contributed by atoms with van der Waals surface area (Å²) in [4.78, 5) is 23.4. The molecule has 0 atom stereocenters. The quantitative estimate of drug-likeness (QED) is 0.626. The predicted octanol–water partition coefficient (Wildman–Crippen LogP) is 3.22. The van der Waals surface area contributed by atoms with Crippen molar-refractivity contribution in [3.63, 3.8) is 0 Å². The normalized spacial score (nSPS) is 11.4. The van der Waals surface area contributed by atoms with Crippen LogP contribution in [0.25, 0.3) is 6.08 Å². The molecular weight excluding hydrogens is 256 g/mol. The van der Waals surface area contributed by atoms with Crippen LogP contribution in [0.1, 0.15) is 43.6 Å². The summed E-state index contributed by atoms with van der Waals surface area (Å²) < 4.78 is 10.1. The van der Waals surface area contributed by atoms with Gasteiger partial charge in [0.2, 0.25) is 0 Å². The van der Waals surface area contributed by atoms with Crippen molar-refractivity contribution >= 4 is 18.0 Å². The summed E-state index contributed by atoms with van der Waals surface area (Å²) in [5.74, 6) is -0.854. The van der Waals surface area contributed by atoms with Gasteiger partial charge in [-0.05, 0) is 45.4 Å². The molecule has 1 aromatic carbocycles. The van der Waals surface area contributed by atoms with Crippen LogP contribution in [-0.4, -0.2) is 24.1 Å². The molecule has 0 unspecified atom stereocenters. The highest BCUT2D eigenvalue weighted by atomic mass is 16.6. The Hall–Kier alpha value is -2.10. The van der Waals surface area contributed by atoms with Gasteiger partial charge >= 0.3 is 11.9 Å². The third-order valence-corrected chi connectivity index (χ3v) is 2.26. The molecule has 0 N–H and O–H groups in total. The number of carbonyl (C=O) groups is 2. The van der Waals surface area contributed by atoms with E-state index >= 15 is 0 Å². The van der Waals surface area contributed by atoms with E-state index in [2.05, 4.69) is 0 Å². The minimum atomic E-state index is -0.540. The lowest BCUT2D eigenvalue weighted by atomic mass is 10.1. The molecule has 1 rings (SSSR count). The second-order valence-corrected chi connectivity index (χ2v) is 5.17. The van der Waals surface area contributed by atoms with E-state index in [9.17, 15) is 9.59 Å². The zero-order chi connectivity index (χ0) is 15.2. The smallest absolute Gasteiger partial charge is 0.338 e. The van der Waals surface area contributed by atoms with Crippen LogP contribution in [0.5, 0.6) is 0 Å². The Balaban J connectivity index is 2.87. The van der Waals surface area contributed by atoms with Crippen LogP contribution in [-0.2, 0) is 14.3 Å². The van der Waals surface area contributed by atoms with Crippen LogP contribution >= 0.6 is 0 Å². The largest absolute Gasteiger partial charge is 0.462 e. The first-order chi connectivity index (χ1) is 9.33. The molecule has 0 saturated carbocycles. The summed E-state index contributed by atoms with van der Waals surface area (Å²) in [6.07, 6.45) is 2.86. The van der Waals surface area contributed by atoms with Crippen molar-refractivity contribution in [2.45, 2.75) is 33.3 Å². The zero-order valence-electron chi connectivity index (χ0n) is 12.3. The maximum absolute atomic E-state index is 11.8. The number of carbonyl (C=O) groups excluding carboxylic acids is 2. The summed E-state index contributed by atoms with van der Waals surface area (Å²) in [7, 11) is 0. The van der Waals surface area contributed by atoms with Crippen molar-refractivity contribution in [1.29, 1.82) is 0 Å². The molecule has 0 aliphatic carbocycles. The van der Waals surface area contributed by atoms with E-state index in [0.29, 0.717) is 17.7 Å². The van der Waals surface area contributed by atoms with Gasteiger partial charge in [0.15, 0.2) is 0 Å². The van der Waals surface area contributed by atoms with Crippen LogP contribution in [0.3, 0.4) is 0 Å². The molecule has 0 heterocycles. The average Bonchev–Trinajstić information content (AvgIpc) is 2.35. The van der Waals surface area contributed by atoms with Crippen LogP contribution < -0.4 is 0 Å². The fourth-order valence-electron chi connectivity index (χ4n) is 1.53. The highest BCUT2D eigenvalue weighted by Gasteiger charge is 2.14. The number of benzene rings is 1. The molecule has 4 heteroatoms. The monoisotopic (exact) mass is 276 g/mol. The minimum absolute atomic E-state index is 0.308. The van der Waals surface area contributed by atoms with E-state index < -0.39 is 17.5 Å². The van der Waals surface area contributed by atoms with Gasteiger partial charge in [-0.25, -0.2) is 9.59 Å². The molecule has 0 radical (unpaired) electrons.